The first kappa shape index (κ1) is 9.13. The molecule has 1 rings (SSSR count). The van der Waals surface area contributed by atoms with Crippen molar-refractivity contribution in [2.45, 2.75) is 6.92 Å². The molecule has 12 heavy (non-hydrogen) atoms. The molecule has 0 saturated heterocycles. The van der Waals surface area contributed by atoms with Gasteiger partial charge in [0.1, 0.15) is 6.34 Å². The molecule has 1 heterocycles. The van der Waals surface area contributed by atoms with Crippen LogP contribution in [0.1, 0.15) is 6.92 Å². The van der Waals surface area contributed by atoms with E-state index in [-0.39, 0.29) is 0 Å². The summed E-state index contributed by atoms with van der Waals surface area (Å²) in [5, 5.41) is 0. The second-order valence-corrected chi connectivity index (χ2v) is 3.13. The van der Waals surface area contributed by atoms with Crippen LogP contribution in [0.3, 0.4) is 0 Å². The maximum Gasteiger partial charge on any atom is 0.109 e. The van der Waals surface area contributed by atoms with Crippen LogP contribution in [-0.2, 0) is 0 Å². The Kier molecular flexibility index (Phi) is 3.17. The van der Waals surface area contributed by atoms with E-state index >= 15 is 0 Å². The Morgan fingerprint density at radius 2 is 2.17 bits per heavy atom. The summed E-state index contributed by atoms with van der Waals surface area (Å²) in [6, 6.07) is 0. The molecule has 0 aliphatic carbocycles. The molecule has 66 valence electrons. The van der Waals surface area contributed by atoms with Gasteiger partial charge < -0.3 is 0 Å². The molecule has 0 amide bonds. The van der Waals surface area contributed by atoms with Crippen molar-refractivity contribution in [1.29, 1.82) is 0 Å². The van der Waals surface area contributed by atoms with E-state index in [2.05, 4.69) is 28.9 Å². The standard InChI is InChI=1S/C9H15N3/c1-8-5-12(3)6-9(8)4-11-7-10-2/h4,7H,5-6H2,1-3H3. The lowest BCUT2D eigenvalue weighted by molar-refractivity contribution is 0.427. The average molecular weight is 165 g/mol. The second-order valence-electron chi connectivity index (χ2n) is 3.13. The van der Waals surface area contributed by atoms with Crippen molar-refractivity contribution in [2.75, 3.05) is 27.2 Å². The highest BCUT2D eigenvalue weighted by molar-refractivity contribution is 5.86. The molecule has 0 bridgehead atoms. The Balaban J connectivity index is 2.58. The SMILES string of the molecule is CN=CN=CC1=C(C)CN(C)C1. The molecule has 0 fully saturated rings. The highest BCUT2D eigenvalue weighted by Gasteiger charge is 2.12. The van der Waals surface area contributed by atoms with Gasteiger partial charge in [-0.05, 0) is 19.5 Å². The Labute approximate surface area is 73.5 Å². The van der Waals surface area contributed by atoms with Crippen LogP contribution < -0.4 is 0 Å². The third kappa shape index (κ3) is 2.27. The number of hydrogen-bond donors (Lipinski definition) is 0. The molecule has 3 heteroatoms. The topological polar surface area (TPSA) is 28.0 Å². The molecule has 1 aliphatic heterocycles. The molecule has 0 aromatic carbocycles. The van der Waals surface area contributed by atoms with Crippen molar-refractivity contribution >= 4 is 12.6 Å². The second kappa shape index (κ2) is 4.16. The van der Waals surface area contributed by atoms with Crippen LogP contribution in [0.2, 0.25) is 0 Å². The minimum atomic E-state index is 1.01. The predicted molar refractivity (Wildman–Crippen MR) is 53.1 cm³/mol. The lowest BCUT2D eigenvalue weighted by Gasteiger charge is -2.04. The summed E-state index contributed by atoms with van der Waals surface area (Å²) in [5.41, 5.74) is 2.73. The van der Waals surface area contributed by atoms with Crippen LogP contribution in [-0.4, -0.2) is 44.6 Å². The zero-order valence-electron chi connectivity index (χ0n) is 7.91. The maximum atomic E-state index is 4.06. The summed E-state index contributed by atoms with van der Waals surface area (Å²) in [6.45, 7) is 4.21. The third-order valence-electron chi connectivity index (χ3n) is 1.91. The minimum absolute atomic E-state index is 1.01. The van der Waals surface area contributed by atoms with E-state index in [1.807, 2.05) is 6.21 Å². The van der Waals surface area contributed by atoms with Crippen LogP contribution in [0.15, 0.2) is 21.1 Å². The van der Waals surface area contributed by atoms with Gasteiger partial charge in [0.25, 0.3) is 0 Å². The van der Waals surface area contributed by atoms with Gasteiger partial charge >= 0.3 is 0 Å². The lowest BCUT2D eigenvalue weighted by Crippen LogP contribution is -2.14. The number of hydrogen-bond acceptors (Lipinski definition) is 2. The smallest absolute Gasteiger partial charge is 0.109 e. The van der Waals surface area contributed by atoms with Gasteiger partial charge in [-0.2, -0.15) is 0 Å². The Hall–Kier alpha value is -0.960. The van der Waals surface area contributed by atoms with Crippen molar-refractivity contribution in [1.82, 2.24) is 4.90 Å². The first-order valence-electron chi connectivity index (χ1n) is 4.05. The molecule has 0 atom stereocenters. The van der Waals surface area contributed by atoms with Crippen LogP contribution in [0.4, 0.5) is 0 Å². The van der Waals surface area contributed by atoms with Crippen molar-refractivity contribution in [3.05, 3.63) is 11.1 Å². The normalized spacial score (nSPS) is 20.6. The lowest BCUT2D eigenvalue weighted by atomic mass is 10.2. The van der Waals surface area contributed by atoms with Gasteiger partial charge in [0.05, 0.1) is 0 Å². The largest absolute Gasteiger partial charge is 0.298 e. The zero-order valence-corrected chi connectivity index (χ0v) is 7.91. The van der Waals surface area contributed by atoms with Gasteiger partial charge in [-0.3, -0.25) is 9.89 Å². The molecule has 0 spiro atoms. The van der Waals surface area contributed by atoms with E-state index < -0.39 is 0 Å². The van der Waals surface area contributed by atoms with Crippen molar-refractivity contribution < 1.29 is 0 Å². The number of rotatable bonds is 2. The van der Waals surface area contributed by atoms with Crippen molar-refractivity contribution in [3.63, 3.8) is 0 Å². The van der Waals surface area contributed by atoms with E-state index in [9.17, 15) is 0 Å². The van der Waals surface area contributed by atoms with Gasteiger partial charge in [0.15, 0.2) is 0 Å². The quantitative estimate of drug-likeness (QED) is 0.443. The molecular formula is C9H15N3. The van der Waals surface area contributed by atoms with Gasteiger partial charge in [-0.1, -0.05) is 5.57 Å². The summed E-state index contributed by atoms with van der Waals surface area (Å²) in [6.07, 6.45) is 3.46. The predicted octanol–water partition coefficient (Wildman–Crippen LogP) is 0.977. The van der Waals surface area contributed by atoms with Crippen LogP contribution in [0.5, 0.6) is 0 Å². The van der Waals surface area contributed by atoms with E-state index in [0.29, 0.717) is 0 Å². The van der Waals surface area contributed by atoms with E-state index in [0.717, 1.165) is 13.1 Å². The van der Waals surface area contributed by atoms with Crippen molar-refractivity contribution in [2.24, 2.45) is 9.98 Å². The monoisotopic (exact) mass is 165 g/mol. The first-order valence-corrected chi connectivity index (χ1v) is 4.05. The van der Waals surface area contributed by atoms with Crippen LogP contribution in [0.25, 0.3) is 0 Å². The molecular weight excluding hydrogens is 150 g/mol. The highest BCUT2D eigenvalue weighted by atomic mass is 15.1. The fourth-order valence-corrected chi connectivity index (χ4v) is 1.33. The Bertz CT molecular complexity index is 238. The highest BCUT2D eigenvalue weighted by Crippen LogP contribution is 2.12. The zero-order chi connectivity index (χ0) is 8.97. The minimum Gasteiger partial charge on any atom is -0.298 e. The van der Waals surface area contributed by atoms with Gasteiger partial charge in [0, 0.05) is 26.4 Å². The molecule has 0 radical (unpaired) electrons. The first-order chi connectivity index (χ1) is 5.74. The molecule has 0 aromatic rings. The summed E-state index contributed by atoms with van der Waals surface area (Å²) >= 11 is 0. The van der Waals surface area contributed by atoms with Gasteiger partial charge in [0.2, 0.25) is 0 Å². The fraction of sp³-hybridized carbons (Fsp3) is 0.556. The average Bonchev–Trinajstić information content (AvgIpc) is 2.31. The molecule has 0 N–H and O–H groups in total. The number of likely N-dealkylation sites (N-methyl/N-ethyl adjacent to an activating group) is 1. The van der Waals surface area contributed by atoms with Crippen LogP contribution in [0, 0.1) is 0 Å². The van der Waals surface area contributed by atoms with E-state index in [1.165, 1.54) is 11.1 Å². The summed E-state index contributed by atoms with van der Waals surface area (Å²) in [7, 11) is 3.83. The summed E-state index contributed by atoms with van der Waals surface area (Å²) < 4.78 is 0. The third-order valence-corrected chi connectivity index (χ3v) is 1.91. The fourth-order valence-electron chi connectivity index (χ4n) is 1.33. The van der Waals surface area contributed by atoms with E-state index in [4.69, 9.17) is 0 Å². The van der Waals surface area contributed by atoms with Crippen molar-refractivity contribution in [3.8, 4) is 0 Å². The van der Waals surface area contributed by atoms with E-state index in [1.54, 1.807) is 13.4 Å². The summed E-state index contributed by atoms with van der Waals surface area (Å²) in [5.74, 6) is 0. The molecule has 0 unspecified atom stereocenters. The Morgan fingerprint density at radius 3 is 2.67 bits per heavy atom. The van der Waals surface area contributed by atoms with Crippen LogP contribution >= 0.6 is 0 Å². The summed E-state index contributed by atoms with van der Waals surface area (Å²) in [4.78, 5) is 10.1. The number of nitrogens with zero attached hydrogens (tertiary/aromatic N) is 3. The maximum absolute atomic E-state index is 4.06. The van der Waals surface area contributed by atoms with Gasteiger partial charge in [-0.25, -0.2) is 4.99 Å². The Morgan fingerprint density at radius 1 is 1.42 bits per heavy atom. The molecule has 3 nitrogen and oxygen atoms in total. The molecule has 0 aromatic heterocycles. The number of aliphatic imine (C=N–C) groups is 2. The van der Waals surface area contributed by atoms with Gasteiger partial charge in [-0.15, -0.1) is 0 Å². The molecule has 1 aliphatic rings. The molecule has 0 saturated carbocycles.